The summed E-state index contributed by atoms with van der Waals surface area (Å²) in [6, 6.07) is 0. The van der Waals surface area contributed by atoms with Gasteiger partial charge in [-0.3, -0.25) is 4.79 Å². The third-order valence-corrected chi connectivity index (χ3v) is 0.890. The Kier molecular flexibility index (Phi) is 4.11. The molecule has 0 aromatic carbocycles. The second kappa shape index (κ2) is 4.34. The number of carbonyl (C=O) groups excluding carboxylic acids is 1. The van der Waals surface area contributed by atoms with E-state index in [1.54, 1.807) is 0 Å². The second-order valence-corrected chi connectivity index (χ2v) is 3.18. The van der Waals surface area contributed by atoms with E-state index in [9.17, 15) is 4.79 Å². The average Bonchev–Trinajstić information content (AvgIpc) is 1.83. The van der Waals surface area contributed by atoms with Gasteiger partial charge in [0.2, 0.25) is 0 Å². The van der Waals surface area contributed by atoms with Crippen LogP contribution in [-0.4, -0.2) is 23.3 Å². The van der Waals surface area contributed by atoms with E-state index in [1.807, 2.05) is 25.9 Å². The molecule has 11 heavy (non-hydrogen) atoms. The van der Waals surface area contributed by atoms with Crippen molar-refractivity contribution in [2.24, 2.45) is 4.99 Å². The molecule has 0 unspecified atom stereocenters. The third kappa shape index (κ3) is 7.33. The Morgan fingerprint density at radius 1 is 1.64 bits per heavy atom. The van der Waals surface area contributed by atoms with Crippen LogP contribution >= 0.6 is 12.2 Å². The molecule has 3 nitrogen and oxygen atoms in total. The van der Waals surface area contributed by atoms with Crippen LogP contribution in [0.3, 0.4) is 0 Å². The molecule has 0 bridgehead atoms. The number of thiocarbonyl (C=S) groups is 1. The minimum atomic E-state index is -0.394. The van der Waals surface area contributed by atoms with Crippen LogP contribution in [0.2, 0.25) is 0 Å². The van der Waals surface area contributed by atoms with Gasteiger partial charge in [-0.15, -0.1) is 0 Å². The molecule has 0 radical (unpaired) electrons. The molecule has 0 aliphatic carbocycles. The molecule has 0 aliphatic heterocycles. The summed E-state index contributed by atoms with van der Waals surface area (Å²) in [5.41, 5.74) is -0.313. The first-order valence-electron chi connectivity index (χ1n) is 3.20. The highest BCUT2D eigenvalue weighted by Gasteiger charge is 2.11. The predicted molar refractivity (Wildman–Crippen MR) is 45.7 cm³/mol. The first kappa shape index (κ1) is 10.4. The Morgan fingerprint density at radius 3 is 2.55 bits per heavy atom. The van der Waals surface area contributed by atoms with Crippen LogP contribution in [0.1, 0.15) is 20.8 Å². The molecule has 0 fully saturated rings. The summed E-state index contributed by atoms with van der Waals surface area (Å²) >= 11 is 4.24. The molecule has 0 aromatic rings. The number of hydrogen-bond donors (Lipinski definition) is 0. The van der Waals surface area contributed by atoms with Gasteiger partial charge in [-0.05, 0) is 33.0 Å². The van der Waals surface area contributed by atoms with Crippen molar-refractivity contribution in [3.63, 3.8) is 0 Å². The number of carbonyl (C=O) groups is 1. The van der Waals surface area contributed by atoms with Gasteiger partial charge < -0.3 is 4.74 Å². The molecule has 0 saturated carbocycles. The average molecular weight is 173 g/mol. The van der Waals surface area contributed by atoms with Gasteiger partial charge in [0.15, 0.2) is 0 Å². The Bertz CT molecular complexity index is 189. The standard InChI is InChI=1S/C7H11NO2S/c1-7(2,3)10-4-6(9)8-5-11/h4H2,1-3H3. The van der Waals surface area contributed by atoms with Gasteiger partial charge in [0, 0.05) is 0 Å². The van der Waals surface area contributed by atoms with Crippen molar-refractivity contribution in [3.8, 4) is 0 Å². The van der Waals surface area contributed by atoms with Gasteiger partial charge in [0.1, 0.15) is 6.61 Å². The molecule has 4 heteroatoms. The highest BCUT2D eigenvalue weighted by molar-refractivity contribution is 7.78. The van der Waals surface area contributed by atoms with Gasteiger partial charge in [0.25, 0.3) is 5.91 Å². The number of nitrogens with zero attached hydrogens (tertiary/aromatic N) is 1. The van der Waals surface area contributed by atoms with Crippen molar-refractivity contribution in [1.82, 2.24) is 0 Å². The number of isothiocyanates is 1. The Hall–Kier alpha value is -0.570. The highest BCUT2D eigenvalue weighted by atomic mass is 32.1. The van der Waals surface area contributed by atoms with E-state index in [4.69, 9.17) is 4.74 Å². The molecule has 62 valence electrons. The van der Waals surface area contributed by atoms with E-state index < -0.39 is 5.91 Å². The quantitative estimate of drug-likeness (QED) is 0.468. The number of rotatable bonds is 2. The van der Waals surface area contributed by atoms with Crippen molar-refractivity contribution < 1.29 is 9.53 Å². The van der Waals surface area contributed by atoms with Crippen LogP contribution in [0.15, 0.2) is 4.99 Å². The lowest BCUT2D eigenvalue weighted by atomic mass is 10.2. The third-order valence-electron chi connectivity index (χ3n) is 0.799. The highest BCUT2D eigenvalue weighted by Crippen LogP contribution is 2.05. The summed E-state index contributed by atoms with van der Waals surface area (Å²) in [5, 5.41) is 1.98. The molecule has 1 amide bonds. The SMILES string of the molecule is CC(C)(C)OCC(=O)N=C=S. The molecule has 0 spiro atoms. The van der Waals surface area contributed by atoms with Gasteiger partial charge in [-0.1, -0.05) is 0 Å². The lowest BCUT2D eigenvalue weighted by molar-refractivity contribution is -0.126. The molecular weight excluding hydrogens is 162 g/mol. The Morgan fingerprint density at radius 2 is 2.18 bits per heavy atom. The molecule has 0 atom stereocenters. The first-order chi connectivity index (χ1) is 4.95. The van der Waals surface area contributed by atoms with Crippen LogP contribution < -0.4 is 0 Å². The predicted octanol–water partition coefficient (Wildman–Crippen LogP) is 1.43. The zero-order valence-electron chi connectivity index (χ0n) is 6.88. The van der Waals surface area contributed by atoms with Crippen LogP contribution in [-0.2, 0) is 9.53 Å². The Labute approximate surface area is 71.5 Å². The van der Waals surface area contributed by atoms with Crippen molar-refractivity contribution in [2.75, 3.05) is 6.61 Å². The fraction of sp³-hybridized carbons (Fsp3) is 0.714. The smallest absolute Gasteiger partial charge is 0.280 e. The number of hydrogen-bond acceptors (Lipinski definition) is 3. The molecule has 0 N–H and O–H groups in total. The first-order valence-corrected chi connectivity index (χ1v) is 3.61. The van der Waals surface area contributed by atoms with E-state index in [2.05, 4.69) is 17.2 Å². The van der Waals surface area contributed by atoms with E-state index >= 15 is 0 Å². The summed E-state index contributed by atoms with van der Waals surface area (Å²) in [5.74, 6) is -0.394. The number of ether oxygens (including phenoxy) is 1. The maximum absolute atomic E-state index is 10.7. The zero-order valence-corrected chi connectivity index (χ0v) is 7.70. The van der Waals surface area contributed by atoms with E-state index in [0.29, 0.717) is 0 Å². The fourth-order valence-electron chi connectivity index (χ4n) is 0.361. The van der Waals surface area contributed by atoms with Crippen molar-refractivity contribution in [3.05, 3.63) is 0 Å². The van der Waals surface area contributed by atoms with Crippen molar-refractivity contribution >= 4 is 23.3 Å². The largest absolute Gasteiger partial charge is 0.366 e. The minimum Gasteiger partial charge on any atom is -0.366 e. The molecule has 0 aromatic heterocycles. The van der Waals surface area contributed by atoms with Crippen LogP contribution in [0.5, 0.6) is 0 Å². The molecule has 0 aliphatic rings. The van der Waals surface area contributed by atoms with E-state index in [0.717, 1.165) is 0 Å². The summed E-state index contributed by atoms with van der Waals surface area (Å²) < 4.78 is 5.11. The Balaban J connectivity index is 3.72. The minimum absolute atomic E-state index is 0.0346. The topological polar surface area (TPSA) is 38.7 Å². The van der Waals surface area contributed by atoms with Gasteiger partial charge in [0.05, 0.1) is 10.8 Å². The summed E-state index contributed by atoms with van der Waals surface area (Å²) in [6.45, 7) is 5.55. The lowest BCUT2D eigenvalue weighted by Crippen LogP contribution is -2.22. The molecule has 0 saturated heterocycles. The second-order valence-electron chi connectivity index (χ2n) is 3.00. The van der Waals surface area contributed by atoms with Crippen LogP contribution in [0.25, 0.3) is 0 Å². The summed E-state index contributed by atoms with van der Waals surface area (Å²) in [7, 11) is 0. The fourth-order valence-corrected chi connectivity index (χ4v) is 0.463. The van der Waals surface area contributed by atoms with Crippen molar-refractivity contribution in [1.29, 1.82) is 0 Å². The van der Waals surface area contributed by atoms with Crippen molar-refractivity contribution in [2.45, 2.75) is 26.4 Å². The summed E-state index contributed by atoms with van der Waals surface area (Å²) in [6.07, 6.45) is 0. The van der Waals surface area contributed by atoms with Gasteiger partial charge in [-0.25, -0.2) is 0 Å². The van der Waals surface area contributed by atoms with Gasteiger partial charge >= 0.3 is 0 Å². The summed E-state index contributed by atoms with van der Waals surface area (Å²) in [4.78, 5) is 13.9. The molecular formula is C7H11NO2S. The van der Waals surface area contributed by atoms with Crippen LogP contribution in [0, 0.1) is 0 Å². The zero-order chi connectivity index (χ0) is 8.91. The maximum atomic E-state index is 10.7. The monoisotopic (exact) mass is 173 g/mol. The van der Waals surface area contributed by atoms with E-state index in [-0.39, 0.29) is 12.2 Å². The molecule has 0 heterocycles. The van der Waals surface area contributed by atoms with E-state index in [1.165, 1.54) is 0 Å². The number of amides is 1. The van der Waals surface area contributed by atoms with Gasteiger partial charge in [-0.2, -0.15) is 4.99 Å². The maximum Gasteiger partial charge on any atom is 0.280 e. The van der Waals surface area contributed by atoms with Crippen LogP contribution in [0.4, 0.5) is 0 Å². The molecule has 0 rings (SSSR count). The lowest BCUT2D eigenvalue weighted by Gasteiger charge is -2.17. The number of aliphatic imine (C=N–C) groups is 1. The normalized spacial score (nSPS) is 10.5.